The van der Waals surface area contributed by atoms with E-state index in [4.69, 9.17) is 14.6 Å². The molecule has 0 aromatic carbocycles. The highest BCUT2D eigenvalue weighted by molar-refractivity contribution is 5.71. The number of ether oxygens (including phenoxy) is 2. The Labute approximate surface area is 77.8 Å². The fourth-order valence-corrected chi connectivity index (χ4v) is 1.33. The lowest BCUT2D eigenvalue weighted by Crippen LogP contribution is -2.25. The molecule has 1 rings (SSSR count). The molecule has 13 heavy (non-hydrogen) atoms. The van der Waals surface area contributed by atoms with Gasteiger partial charge in [-0.3, -0.25) is 0 Å². The van der Waals surface area contributed by atoms with Crippen molar-refractivity contribution in [3.63, 3.8) is 0 Å². The van der Waals surface area contributed by atoms with Crippen LogP contribution in [0, 0.1) is 0 Å². The standard InChI is InChI=1S/C9H16O4/c1-6-3-4-8(13-6)5-12-7(2)9(10)11/h6-8H,3-5H2,1-2H3,(H,10,11). The summed E-state index contributed by atoms with van der Waals surface area (Å²) in [6.45, 7) is 3.93. The van der Waals surface area contributed by atoms with Gasteiger partial charge in [0.2, 0.25) is 0 Å². The summed E-state index contributed by atoms with van der Waals surface area (Å²) in [6, 6.07) is 0. The predicted octanol–water partition coefficient (Wildman–Crippen LogP) is 1.04. The maximum atomic E-state index is 10.4. The van der Waals surface area contributed by atoms with Crippen LogP contribution in [0.5, 0.6) is 0 Å². The van der Waals surface area contributed by atoms with E-state index < -0.39 is 12.1 Å². The number of carboxylic acids is 1. The van der Waals surface area contributed by atoms with Gasteiger partial charge in [0.1, 0.15) is 0 Å². The van der Waals surface area contributed by atoms with Crippen LogP contribution in [0.4, 0.5) is 0 Å². The van der Waals surface area contributed by atoms with Gasteiger partial charge in [-0.25, -0.2) is 4.79 Å². The van der Waals surface area contributed by atoms with Crippen LogP contribution in [0.15, 0.2) is 0 Å². The third-order valence-electron chi connectivity index (χ3n) is 2.20. The summed E-state index contributed by atoms with van der Waals surface area (Å²) in [5.74, 6) is -0.925. The van der Waals surface area contributed by atoms with E-state index in [1.54, 1.807) is 0 Å². The molecular weight excluding hydrogens is 172 g/mol. The van der Waals surface area contributed by atoms with E-state index in [-0.39, 0.29) is 12.2 Å². The quantitative estimate of drug-likeness (QED) is 0.716. The van der Waals surface area contributed by atoms with Crippen LogP contribution < -0.4 is 0 Å². The second kappa shape index (κ2) is 4.58. The number of carbonyl (C=O) groups is 1. The topological polar surface area (TPSA) is 55.8 Å². The van der Waals surface area contributed by atoms with Crippen molar-refractivity contribution in [2.75, 3.05) is 6.61 Å². The summed E-state index contributed by atoms with van der Waals surface area (Å²) in [4.78, 5) is 10.4. The van der Waals surface area contributed by atoms with Gasteiger partial charge in [0.25, 0.3) is 0 Å². The Bertz CT molecular complexity index is 180. The van der Waals surface area contributed by atoms with Crippen LogP contribution >= 0.6 is 0 Å². The molecule has 0 radical (unpaired) electrons. The van der Waals surface area contributed by atoms with Crippen LogP contribution in [0.2, 0.25) is 0 Å². The van der Waals surface area contributed by atoms with E-state index in [0.29, 0.717) is 6.61 Å². The molecule has 1 fully saturated rings. The average Bonchev–Trinajstić information content (AvgIpc) is 2.47. The maximum absolute atomic E-state index is 10.4. The SMILES string of the molecule is CC1CCC(COC(C)C(=O)O)O1. The van der Waals surface area contributed by atoms with E-state index in [9.17, 15) is 4.79 Å². The van der Waals surface area contributed by atoms with E-state index in [0.717, 1.165) is 12.8 Å². The Morgan fingerprint density at radius 2 is 2.38 bits per heavy atom. The molecule has 3 atom stereocenters. The van der Waals surface area contributed by atoms with Crippen molar-refractivity contribution in [2.45, 2.75) is 45.0 Å². The van der Waals surface area contributed by atoms with Gasteiger partial charge in [-0.1, -0.05) is 0 Å². The molecule has 0 aromatic rings. The van der Waals surface area contributed by atoms with E-state index in [2.05, 4.69) is 0 Å². The molecule has 1 N–H and O–H groups in total. The average molecular weight is 188 g/mol. The molecular formula is C9H16O4. The normalized spacial score (nSPS) is 30.3. The van der Waals surface area contributed by atoms with Crippen molar-refractivity contribution in [3.05, 3.63) is 0 Å². The molecule has 1 aliphatic heterocycles. The Morgan fingerprint density at radius 1 is 1.69 bits per heavy atom. The molecule has 0 bridgehead atoms. The van der Waals surface area contributed by atoms with Crippen LogP contribution in [0.25, 0.3) is 0 Å². The van der Waals surface area contributed by atoms with Gasteiger partial charge in [0.05, 0.1) is 18.8 Å². The Hall–Kier alpha value is -0.610. The molecule has 0 amide bonds. The number of rotatable bonds is 4. The first-order valence-electron chi connectivity index (χ1n) is 4.59. The molecule has 3 unspecified atom stereocenters. The predicted molar refractivity (Wildman–Crippen MR) is 46.6 cm³/mol. The molecule has 1 saturated heterocycles. The maximum Gasteiger partial charge on any atom is 0.332 e. The molecule has 0 aromatic heterocycles. The third-order valence-corrected chi connectivity index (χ3v) is 2.20. The number of aliphatic carboxylic acids is 1. The summed E-state index contributed by atoms with van der Waals surface area (Å²) >= 11 is 0. The molecule has 4 nitrogen and oxygen atoms in total. The summed E-state index contributed by atoms with van der Waals surface area (Å²) in [6.07, 6.45) is 1.63. The summed E-state index contributed by atoms with van der Waals surface area (Å²) in [7, 11) is 0. The van der Waals surface area contributed by atoms with Gasteiger partial charge >= 0.3 is 5.97 Å². The first-order valence-corrected chi connectivity index (χ1v) is 4.59. The second-order valence-electron chi connectivity index (χ2n) is 3.46. The van der Waals surface area contributed by atoms with Gasteiger partial charge < -0.3 is 14.6 Å². The largest absolute Gasteiger partial charge is 0.479 e. The highest BCUT2D eigenvalue weighted by atomic mass is 16.6. The molecule has 4 heteroatoms. The fraction of sp³-hybridized carbons (Fsp3) is 0.889. The summed E-state index contributed by atoms with van der Waals surface area (Å²) in [5.41, 5.74) is 0. The first kappa shape index (κ1) is 10.5. The van der Waals surface area contributed by atoms with Crippen molar-refractivity contribution < 1.29 is 19.4 Å². The van der Waals surface area contributed by atoms with Crippen LogP contribution in [-0.2, 0) is 14.3 Å². The van der Waals surface area contributed by atoms with Crippen molar-refractivity contribution in [1.29, 1.82) is 0 Å². The smallest absolute Gasteiger partial charge is 0.332 e. The van der Waals surface area contributed by atoms with Gasteiger partial charge in [-0.2, -0.15) is 0 Å². The van der Waals surface area contributed by atoms with Crippen LogP contribution in [0.1, 0.15) is 26.7 Å². The number of hydrogen-bond acceptors (Lipinski definition) is 3. The van der Waals surface area contributed by atoms with Crippen molar-refractivity contribution in [3.8, 4) is 0 Å². The lowest BCUT2D eigenvalue weighted by molar-refractivity contribution is -0.151. The minimum absolute atomic E-state index is 0.0804. The fourth-order valence-electron chi connectivity index (χ4n) is 1.33. The van der Waals surface area contributed by atoms with Crippen LogP contribution in [-0.4, -0.2) is 36.0 Å². The van der Waals surface area contributed by atoms with E-state index >= 15 is 0 Å². The van der Waals surface area contributed by atoms with Crippen molar-refractivity contribution >= 4 is 5.97 Å². The lowest BCUT2D eigenvalue weighted by atomic mass is 10.2. The summed E-state index contributed by atoms with van der Waals surface area (Å²) < 4.78 is 10.6. The molecule has 0 aliphatic carbocycles. The zero-order valence-electron chi connectivity index (χ0n) is 8.03. The highest BCUT2D eigenvalue weighted by Crippen LogP contribution is 2.19. The third kappa shape index (κ3) is 3.32. The monoisotopic (exact) mass is 188 g/mol. The van der Waals surface area contributed by atoms with Crippen molar-refractivity contribution in [1.82, 2.24) is 0 Å². The molecule has 1 aliphatic rings. The first-order chi connectivity index (χ1) is 6.09. The van der Waals surface area contributed by atoms with Crippen molar-refractivity contribution in [2.24, 2.45) is 0 Å². The molecule has 0 spiro atoms. The van der Waals surface area contributed by atoms with Crippen LogP contribution in [0.3, 0.4) is 0 Å². The van der Waals surface area contributed by atoms with Gasteiger partial charge in [-0.05, 0) is 26.7 Å². The zero-order chi connectivity index (χ0) is 9.84. The Balaban J connectivity index is 2.16. The zero-order valence-corrected chi connectivity index (χ0v) is 8.03. The minimum atomic E-state index is -0.925. The molecule has 0 saturated carbocycles. The van der Waals surface area contributed by atoms with E-state index in [1.807, 2.05) is 6.92 Å². The molecule has 76 valence electrons. The Morgan fingerprint density at radius 3 is 2.85 bits per heavy atom. The second-order valence-corrected chi connectivity index (χ2v) is 3.46. The lowest BCUT2D eigenvalue weighted by Gasteiger charge is -2.13. The Kier molecular flexibility index (Phi) is 3.69. The molecule has 1 heterocycles. The van der Waals surface area contributed by atoms with Gasteiger partial charge in [-0.15, -0.1) is 0 Å². The van der Waals surface area contributed by atoms with E-state index in [1.165, 1.54) is 6.92 Å². The van der Waals surface area contributed by atoms with Gasteiger partial charge in [0.15, 0.2) is 6.10 Å². The van der Waals surface area contributed by atoms with Gasteiger partial charge in [0, 0.05) is 0 Å². The number of hydrogen-bond donors (Lipinski definition) is 1. The minimum Gasteiger partial charge on any atom is -0.479 e. The number of carboxylic acid groups (broad SMARTS) is 1. The summed E-state index contributed by atoms with van der Waals surface area (Å²) in [5, 5.41) is 8.54. The highest BCUT2D eigenvalue weighted by Gasteiger charge is 2.23.